The van der Waals surface area contributed by atoms with Gasteiger partial charge in [0.05, 0.1) is 5.75 Å². The number of hydrogen-bond donors (Lipinski definition) is 0. The Bertz CT molecular complexity index is 450. The second-order valence-corrected chi connectivity index (χ2v) is 6.69. The van der Waals surface area contributed by atoms with Gasteiger partial charge in [-0.25, -0.2) is 12.7 Å². The molecule has 1 aromatic carbocycles. The van der Waals surface area contributed by atoms with Crippen LogP contribution in [0.4, 0.5) is 0 Å². The Morgan fingerprint density at radius 3 is 2.00 bits per heavy atom. The lowest BCUT2D eigenvalue weighted by Crippen LogP contribution is -2.33. The van der Waals surface area contributed by atoms with Crippen molar-refractivity contribution in [2.45, 2.75) is 32.4 Å². The summed E-state index contributed by atoms with van der Waals surface area (Å²) in [5.74, 6) is 0.0458. The van der Waals surface area contributed by atoms with Crippen molar-refractivity contribution in [3.8, 4) is 0 Å². The summed E-state index contributed by atoms with van der Waals surface area (Å²) in [6.45, 7) is 5.15. The van der Waals surface area contributed by atoms with Gasteiger partial charge in [-0.05, 0) is 30.5 Å². The van der Waals surface area contributed by atoms with Crippen molar-refractivity contribution in [1.29, 1.82) is 0 Å². The molecule has 1 rings (SSSR count). The van der Waals surface area contributed by atoms with E-state index in [0.717, 1.165) is 18.4 Å². The predicted molar refractivity (Wildman–Crippen MR) is 76.2 cm³/mol. The summed E-state index contributed by atoms with van der Waals surface area (Å²) >= 11 is 5.79. The first kappa shape index (κ1) is 15.5. The second-order valence-electron chi connectivity index (χ2n) is 4.28. The monoisotopic (exact) mass is 289 g/mol. The molecule has 0 atom stereocenters. The summed E-state index contributed by atoms with van der Waals surface area (Å²) < 4.78 is 26.1. The fraction of sp³-hybridized carbons (Fsp3) is 0.538. The Hall–Kier alpha value is -0.580. The predicted octanol–water partition coefficient (Wildman–Crippen LogP) is 3.29. The smallest absolute Gasteiger partial charge is 0.212 e. The Labute approximate surface area is 115 Å². The van der Waals surface area contributed by atoms with Crippen molar-refractivity contribution in [3.63, 3.8) is 0 Å². The van der Waals surface area contributed by atoms with Gasteiger partial charge in [-0.3, -0.25) is 0 Å². The number of sulfonamides is 1. The molecule has 0 unspecified atom stereocenters. The molecule has 0 saturated carbocycles. The summed E-state index contributed by atoms with van der Waals surface area (Å²) in [4.78, 5) is 0. The molecule has 0 aliphatic carbocycles. The zero-order chi connectivity index (χ0) is 13.6. The van der Waals surface area contributed by atoms with Crippen LogP contribution in [0.2, 0.25) is 5.02 Å². The third-order valence-corrected chi connectivity index (χ3v) is 4.70. The minimum Gasteiger partial charge on any atom is -0.212 e. The van der Waals surface area contributed by atoms with Gasteiger partial charge in [0.15, 0.2) is 0 Å². The van der Waals surface area contributed by atoms with Crippen LogP contribution in [-0.4, -0.2) is 25.8 Å². The molecule has 0 aliphatic rings. The van der Waals surface area contributed by atoms with E-state index in [1.165, 1.54) is 0 Å². The highest BCUT2D eigenvalue weighted by Crippen LogP contribution is 2.15. The Balaban J connectivity index is 2.81. The Kier molecular flexibility index (Phi) is 6.12. The molecule has 0 fully saturated rings. The van der Waals surface area contributed by atoms with Gasteiger partial charge >= 0.3 is 0 Å². The zero-order valence-corrected chi connectivity index (χ0v) is 12.5. The molecule has 0 saturated heterocycles. The maximum atomic E-state index is 12.3. The van der Waals surface area contributed by atoms with E-state index in [2.05, 4.69) is 0 Å². The maximum Gasteiger partial charge on any atom is 0.218 e. The van der Waals surface area contributed by atoms with E-state index in [-0.39, 0.29) is 5.75 Å². The highest BCUT2D eigenvalue weighted by molar-refractivity contribution is 7.88. The topological polar surface area (TPSA) is 37.4 Å². The molecular formula is C13H20ClNO2S. The fourth-order valence-corrected chi connectivity index (χ4v) is 3.62. The lowest BCUT2D eigenvalue weighted by atomic mass is 10.2. The van der Waals surface area contributed by atoms with Crippen LogP contribution < -0.4 is 0 Å². The molecule has 0 aliphatic heterocycles. The van der Waals surface area contributed by atoms with E-state index in [1.807, 2.05) is 13.8 Å². The molecule has 102 valence electrons. The van der Waals surface area contributed by atoms with Crippen molar-refractivity contribution in [2.24, 2.45) is 0 Å². The summed E-state index contributed by atoms with van der Waals surface area (Å²) in [6, 6.07) is 6.96. The van der Waals surface area contributed by atoms with E-state index in [0.29, 0.717) is 18.1 Å². The molecule has 0 bridgehead atoms. The zero-order valence-electron chi connectivity index (χ0n) is 10.9. The third kappa shape index (κ3) is 4.59. The van der Waals surface area contributed by atoms with E-state index in [4.69, 9.17) is 11.6 Å². The van der Waals surface area contributed by atoms with E-state index >= 15 is 0 Å². The van der Waals surface area contributed by atoms with Crippen LogP contribution in [0, 0.1) is 0 Å². The van der Waals surface area contributed by atoms with Crippen LogP contribution in [0.25, 0.3) is 0 Å². The Morgan fingerprint density at radius 1 is 1.06 bits per heavy atom. The number of nitrogens with zero attached hydrogens (tertiary/aromatic N) is 1. The normalized spacial score (nSPS) is 12.0. The lowest BCUT2D eigenvalue weighted by molar-refractivity contribution is 0.409. The average molecular weight is 290 g/mol. The number of benzene rings is 1. The second kappa shape index (κ2) is 7.12. The van der Waals surface area contributed by atoms with Crippen molar-refractivity contribution >= 4 is 21.6 Å². The fourth-order valence-electron chi connectivity index (χ4n) is 1.77. The van der Waals surface area contributed by atoms with Crippen LogP contribution >= 0.6 is 11.6 Å². The maximum absolute atomic E-state index is 12.3. The van der Waals surface area contributed by atoms with Gasteiger partial charge in [-0.1, -0.05) is 37.6 Å². The average Bonchev–Trinajstić information content (AvgIpc) is 2.32. The Morgan fingerprint density at radius 2 is 1.56 bits per heavy atom. The van der Waals surface area contributed by atoms with Crippen LogP contribution in [0.5, 0.6) is 0 Å². The molecule has 0 heterocycles. The van der Waals surface area contributed by atoms with Gasteiger partial charge in [0.2, 0.25) is 10.0 Å². The minimum atomic E-state index is -3.22. The van der Waals surface area contributed by atoms with Gasteiger partial charge in [-0.15, -0.1) is 0 Å². The molecule has 0 amide bonds. The SMILES string of the molecule is CCCN(CCC)S(=O)(=O)Cc1ccc(Cl)cc1. The van der Waals surface area contributed by atoms with Crippen LogP contribution in [0.3, 0.4) is 0 Å². The van der Waals surface area contributed by atoms with Crippen LogP contribution in [0.15, 0.2) is 24.3 Å². The molecule has 1 aromatic rings. The molecule has 5 heteroatoms. The molecule has 0 spiro atoms. The van der Waals surface area contributed by atoms with Crippen LogP contribution in [0.1, 0.15) is 32.3 Å². The van der Waals surface area contributed by atoms with Crippen molar-refractivity contribution in [2.75, 3.05) is 13.1 Å². The summed E-state index contributed by atoms with van der Waals surface area (Å²) in [6.07, 6.45) is 1.67. The van der Waals surface area contributed by atoms with Crippen molar-refractivity contribution in [1.82, 2.24) is 4.31 Å². The van der Waals surface area contributed by atoms with Crippen LogP contribution in [-0.2, 0) is 15.8 Å². The standard InChI is InChI=1S/C13H20ClNO2S/c1-3-9-15(10-4-2)18(16,17)11-12-5-7-13(14)8-6-12/h5-8H,3-4,9-11H2,1-2H3. The summed E-state index contributed by atoms with van der Waals surface area (Å²) in [5, 5.41) is 0.620. The van der Waals surface area contributed by atoms with Gasteiger partial charge in [0.25, 0.3) is 0 Å². The summed E-state index contributed by atoms with van der Waals surface area (Å²) in [7, 11) is -3.22. The number of rotatable bonds is 7. The first-order chi connectivity index (χ1) is 8.49. The van der Waals surface area contributed by atoms with Crippen molar-refractivity contribution in [3.05, 3.63) is 34.9 Å². The van der Waals surface area contributed by atoms with Crippen molar-refractivity contribution < 1.29 is 8.42 Å². The molecule has 0 N–H and O–H groups in total. The van der Waals surface area contributed by atoms with E-state index < -0.39 is 10.0 Å². The lowest BCUT2D eigenvalue weighted by Gasteiger charge is -2.20. The number of halogens is 1. The quantitative estimate of drug-likeness (QED) is 0.772. The van der Waals surface area contributed by atoms with Gasteiger partial charge in [0, 0.05) is 18.1 Å². The molecular weight excluding hydrogens is 270 g/mol. The molecule has 18 heavy (non-hydrogen) atoms. The van der Waals surface area contributed by atoms with Gasteiger partial charge in [0.1, 0.15) is 0 Å². The third-order valence-electron chi connectivity index (χ3n) is 2.60. The van der Waals surface area contributed by atoms with E-state index in [9.17, 15) is 8.42 Å². The number of hydrogen-bond acceptors (Lipinski definition) is 2. The minimum absolute atomic E-state index is 0.0458. The summed E-state index contributed by atoms with van der Waals surface area (Å²) in [5.41, 5.74) is 0.775. The molecule has 0 radical (unpaired) electrons. The van der Waals surface area contributed by atoms with Gasteiger partial charge in [-0.2, -0.15) is 0 Å². The highest BCUT2D eigenvalue weighted by atomic mass is 35.5. The first-order valence-electron chi connectivity index (χ1n) is 6.22. The molecule has 0 aromatic heterocycles. The highest BCUT2D eigenvalue weighted by Gasteiger charge is 2.20. The molecule has 3 nitrogen and oxygen atoms in total. The van der Waals surface area contributed by atoms with E-state index in [1.54, 1.807) is 28.6 Å². The van der Waals surface area contributed by atoms with Gasteiger partial charge < -0.3 is 0 Å². The first-order valence-corrected chi connectivity index (χ1v) is 8.20. The largest absolute Gasteiger partial charge is 0.218 e.